The highest BCUT2D eigenvalue weighted by molar-refractivity contribution is 5.88. The third kappa shape index (κ3) is 2.62. The van der Waals surface area contributed by atoms with Crippen LogP contribution in [0.3, 0.4) is 0 Å². The Hall–Kier alpha value is -1.01. The summed E-state index contributed by atoms with van der Waals surface area (Å²) in [5.41, 5.74) is 1.26. The van der Waals surface area contributed by atoms with Gasteiger partial charge in [0, 0.05) is 30.9 Å². The van der Waals surface area contributed by atoms with Crippen LogP contribution < -0.4 is 0 Å². The predicted octanol–water partition coefficient (Wildman–Crippen LogP) is 2.08. The normalized spacial score (nSPS) is 46.9. The average Bonchev–Trinajstić information content (AvgIpc) is 2.85. The minimum Gasteiger partial charge on any atom is -0.388 e. The lowest BCUT2D eigenvalue weighted by molar-refractivity contribution is -0.133. The molecule has 0 aliphatic heterocycles. The fourth-order valence-corrected chi connectivity index (χ4v) is 6.42. The van der Waals surface area contributed by atoms with Gasteiger partial charge in [-0.2, -0.15) is 0 Å². The smallest absolute Gasteiger partial charge is 0.139 e. The van der Waals surface area contributed by atoms with Crippen LogP contribution in [0.4, 0.5) is 0 Å². The van der Waals surface area contributed by atoms with Crippen LogP contribution in [-0.2, 0) is 9.53 Å². The number of fused-ring (bicyclic) bond motifs is 4. The van der Waals surface area contributed by atoms with E-state index in [9.17, 15) is 15.0 Å². The molecule has 4 rings (SSSR count). The third-order valence-corrected chi connectivity index (χ3v) is 8.13. The Labute approximate surface area is 162 Å². The van der Waals surface area contributed by atoms with E-state index in [1.807, 2.05) is 19.0 Å². The van der Waals surface area contributed by atoms with Crippen LogP contribution in [0.2, 0.25) is 0 Å². The molecule has 5 nitrogen and oxygen atoms in total. The highest BCUT2D eigenvalue weighted by Gasteiger charge is 2.59. The molecule has 0 saturated heterocycles. The number of hydrogen-bond donors (Lipinski definition) is 2. The van der Waals surface area contributed by atoms with Crippen molar-refractivity contribution in [1.29, 1.82) is 0 Å². The third-order valence-electron chi connectivity index (χ3n) is 8.13. The van der Waals surface area contributed by atoms with Crippen LogP contribution in [0.25, 0.3) is 0 Å². The lowest BCUT2D eigenvalue weighted by atomic mass is 9.60. The Morgan fingerprint density at radius 2 is 2.00 bits per heavy atom. The summed E-state index contributed by atoms with van der Waals surface area (Å²) < 4.78 is 6.21. The predicted molar refractivity (Wildman–Crippen MR) is 103 cm³/mol. The van der Waals surface area contributed by atoms with Crippen molar-refractivity contribution in [2.75, 3.05) is 21.2 Å². The van der Waals surface area contributed by atoms with Gasteiger partial charge in [-0.25, -0.2) is 0 Å². The van der Waals surface area contributed by atoms with E-state index in [0.717, 1.165) is 43.3 Å². The van der Waals surface area contributed by atoms with Crippen molar-refractivity contribution < 1.29 is 19.7 Å². The molecule has 0 amide bonds. The van der Waals surface area contributed by atoms with Gasteiger partial charge in [0.25, 0.3) is 0 Å². The number of rotatable bonds is 2. The molecule has 4 aliphatic rings. The molecule has 0 aromatic rings. The zero-order chi connectivity index (χ0) is 19.6. The maximum absolute atomic E-state index is 12.6. The maximum atomic E-state index is 12.6. The number of aliphatic hydroxyl groups is 2. The van der Waals surface area contributed by atoms with Crippen molar-refractivity contribution in [3.63, 3.8) is 0 Å². The monoisotopic (exact) mass is 375 g/mol. The zero-order valence-corrected chi connectivity index (χ0v) is 16.9. The number of ketones is 1. The highest BCUT2D eigenvalue weighted by Crippen LogP contribution is 2.58. The van der Waals surface area contributed by atoms with Gasteiger partial charge in [-0.05, 0) is 63.3 Å². The number of hydrogen-bond acceptors (Lipinski definition) is 5. The van der Waals surface area contributed by atoms with E-state index in [4.69, 9.17) is 4.74 Å². The van der Waals surface area contributed by atoms with Crippen molar-refractivity contribution in [3.8, 4) is 0 Å². The topological polar surface area (TPSA) is 70.0 Å². The van der Waals surface area contributed by atoms with Crippen molar-refractivity contribution in [3.05, 3.63) is 23.3 Å². The highest BCUT2D eigenvalue weighted by atomic mass is 16.5. The molecule has 0 spiro atoms. The molecule has 0 radical (unpaired) electrons. The Kier molecular flexibility index (Phi) is 4.66. The Bertz CT molecular complexity index is 698. The van der Waals surface area contributed by atoms with Crippen molar-refractivity contribution in [1.82, 2.24) is 4.90 Å². The molecule has 150 valence electrons. The molecule has 7 atom stereocenters. The van der Waals surface area contributed by atoms with E-state index >= 15 is 0 Å². The molecule has 4 aliphatic carbocycles. The van der Waals surface area contributed by atoms with Crippen molar-refractivity contribution in [2.45, 2.75) is 69.3 Å². The zero-order valence-electron chi connectivity index (χ0n) is 16.9. The number of nitrogens with zero attached hydrogens (tertiary/aromatic N) is 1. The van der Waals surface area contributed by atoms with Gasteiger partial charge in [0.1, 0.15) is 11.9 Å². The standard InChI is InChI=1S/C22H33NO4/c1-21-9-8-14-12-15-13(11-16(23(2)3)20(26)19(15)25)7-10-22(14,27-4)17(21)5-6-18(21)24/h8,12-13,16-17,19-20,25-26H,5-7,9-11H2,1-4H3/t13?,16-,17+,19+,20+,21-,22+/m0/s1. The summed E-state index contributed by atoms with van der Waals surface area (Å²) in [7, 11) is 5.69. The number of carbonyl (C=O) groups excluding carboxylic acids is 1. The molecule has 2 saturated carbocycles. The summed E-state index contributed by atoms with van der Waals surface area (Å²) in [6, 6.07) is -0.0481. The molecule has 5 heteroatoms. The first kappa shape index (κ1) is 19.3. The molecular weight excluding hydrogens is 342 g/mol. The molecule has 0 heterocycles. The molecule has 0 aromatic heterocycles. The molecule has 0 bridgehead atoms. The van der Waals surface area contributed by atoms with Gasteiger partial charge in [-0.1, -0.05) is 19.1 Å². The van der Waals surface area contributed by atoms with Crippen LogP contribution in [0.15, 0.2) is 23.3 Å². The second kappa shape index (κ2) is 6.51. The van der Waals surface area contributed by atoms with Gasteiger partial charge in [-0.15, -0.1) is 0 Å². The van der Waals surface area contributed by atoms with Gasteiger partial charge in [0.05, 0.1) is 11.7 Å². The van der Waals surface area contributed by atoms with Gasteiger partial charge >= 0.3 is 0 Å². The Balaban J connectivity index is 1.76. The number of allylic oxidation sites excluding steroid dienone is 1. The number of likely N-dealkylation sites (N-methyl/N-ethyl adjacent to an activating group) is 1. The number of methoxy groups -OCH3 is 1. The molecule has 0 aromatic carbocycles. The number of ether oxygens (including phenoxy) is 1. The summed E-state index contributed by atoms with van der Waals surface area (Å²) in [5, 5.41) is 21.5. The van der Waals surface area contributed by atoms with Crippen LogP contribution in [0.1, 0.15) is 45.4 Å². The quantitative estimate of drug-likeness (QED) is 0.773. The van der Waals surface area contributed by atoms with E-state index in [0.29, 0.717) is 12.2 Å². The number of aliphatic hydroxyl groups excluding tert-OH is 2. The van der Waals surface area contributed by atoms with Gasteiger partial charge < -0.3 is 19.8 Å². The summed E-state index contributed by atoms with van der Waals surface area (Å²) in [6.45, 7) is 2.10. The molecule has 2 N–H and O–H groups in total. The second-order valence-electron chi connectivity index (χ2n) is 9.47. The summed E-state index contributed by atoms with van der Waals surface area (Å²) in [5.74, 6) is 0.778. The van der Waals surface area contributed by atoms with Gasteiger partial charge in [0.15, 0.2) is 0 Å². The second-order valence-corrected chi connectivity index (χ2v) is 9.47. The summed E-state index contributed by atoms with van der Waals surface area (Å²) in [4.78, 5) is 14.6. The van der Waals surface area contributed by atoms with E-state index in [1.165, 1.54) is 0 Å². The first-order valence-corrected chi connectivity index (χ1v) is 10.3. The fourth-order valence-electron chi connectivity index (χ4n) is 6.42. The molecule has 2 fully saturated rings. The SMILES string of the molecule is CO[C@]12CCC3C[C@H](N(C)C)[C@@H](O)[C@H](O)C3=CC1=CC[C@]1(C)C(=O)CC[C@H]12. The lowest BCUT2D eigenvalue weighted by Crippen LogP contribution is -2.52. The van der Waals surface area contributed by atoms with Crippen molar-refractivity contribution in [2.24, 2.45) is 17.3 Å². The Morgan fingerprint density at radius 1 is 1.26 bits per heavy atom. The van der Waals surface area contributed by atoms with Crippen molar-refractivity contribution >= 4 is 5.78 Å². The Morgan fingerprint density at radius 3 is 2.67 bits per heavy atom. The van der Waals surface area contributed by atoms with E-state index in [-0.39, 0.29) is 23.3 Å². The van der Waals surface area contributed by atoms with E-state index in [1.54, 1.807) is 7.11 Å². The van der Waals surface area contributed by atoms with Crippen LogP contribution in [0, 0.1) is 17.3 Å². The van der Waals surface area contributed by atoms with Crippen LogP contribution >= 0.6 is 0 Å². The first-order chi connectivity index (χ1) is 12.7. The lowest BCUT2D eigenvalue weighted by Gasteiger charge is -2.48. The van der Waals surface area contributed by atoms with E-state index < -0.39 is 17.8 Å². The van der Waals surface area contributed by atoms with E-state index in [2.05, 4.69) is 19.1 Å². The largest absolute Gasteiger partial charge is 0.388 e. The molecular formula is C22H33NO4. The summed E-state index contributed by atoms with van der Waals surface area (Å²) in [6.07, 6.45) is 7.50. The number of Topliss-reactive ketones (excluding diaryl/α,β-unsaturated/α-hetero) is 1. The maximum Gasteiger partial charge on any atom is 0.139 e. The van der Waals surface area contributed by atoms with Crippen LogP contribution in [0.5, 0.6) is 0 Å². The number of carbonyl (C=O) groups is 1. The minimum atomic E-state index is -0.844. The molecule has 1 unspecified atom stereocenters. The fraction of sp³-hybridized carbons (Fsp3) is 0.773. The minimum absolute atomic E-state index is 0.0481. The average molecular weight is 376 g/mol. The first-order valence-electron chi connectivity index (χ1n) is 10.3. The van der Waals surface area contributed by atoms with Gasteiger partial charge in [-0.3, -0.25) is 4.79 Å². The van der Waals surface area contributed by atoms with Crippen LogP contribution in [-0.4, -0.2) is 66.0 Å². The molecule has 27 heavy (non-hydrogen) atoms. The van der Waals surface area contributed by atoms with Gasteiger partial charge in [0.2, 0.25) is 0 Å². The summed E-state index contributed by atoms with van der Waals surface area (Å²) >= 11 is 0.